The Morgan fingerprint density at radius 3 is 1.62 bits per heavy atom. The number of rotatable bonds is 45. The van der Waals surface area contributed by atoms with Gasteiger partial charge in [-0.15, -0.1) is 0 Å². The molecule has 0 aromatic heterocycles. The van der Waals surface area contributed by atoms with Crippen molar-refractivity contribution in [3.63, 3.8) is 0 Å². The smallest absolute Gasteiger partial charge is 0.306 e. The van der Waals surface area contributed by atoms with E-state index in [1.54, 1.807) is 6.08 Å². The Kier molecular flexibility index (Phi) is 44.5. The van der Waals surface area contributed by atoms with Crippen LogP contribution in [0.15, 0.2) is 109 Å². The Labute approximate surface area is 437 Å². The summed E-state index contributed by atoms with van der Waals surface area (Å²) >= 11 is 0. The van der Waals surface area contributed by atoms with Crippen molar-refractivity contribution < 1.29 is 49.3 Å². The molecule has 11 nitrogen and oxygen atoms in total. The highest BCUT2D eigenvalue weighted by Crippen LogP contribution is 2.26. The summed E-state index contributed by atoms with van der Waals surface area (Å²) in [5.74, 6) is -1.28. The Balaban J connectivity index is 2.80. The lowest BCUT2D eigenvalue weighted by Crippen LogP contribution is -2.61. The highest BCUT2D eigenvalue weighted by atomic mass is 16.7. The van der Waals surface area contributed by atoms with Gasteiger partial charge in [-0.2, -0.15) is 0 Å². The molecule has 1 aliphatic rings. The van der Waals surface area contributed by atoms with E-state index in [1.807, 2.05) is 30.4 Å². The lowest BCUT2D eigenvalue weighted by Gasteiger charge is -2.41. The fourth-order valence-corrected chi connectivity index (χ4v) is 8.04. The number of aliphatic hydroxyl groups excluding tert-OH is 5. The number of esters is 1. The van der Waals surface area contributed by atoms with E-state index in [4.69, 9.17) is 14.2 Å². The predicted molar refractivity (Wildman–Crippen MR) is 296 cm³/mol. The third-order valence-corrected chi connectivity index (χ3v) is 12.5. The number of amides is 1. The van der Waals surface area contributed by atoms with Gasteiger partial charge in [-0.25, -0.2) is 0 Å². The molecule has 0 aliphatic carbocycles. The molecule has 0 spiro atoms. The third kappa shape index (κ3) is 36.3. The molecular formula is C61H101NO10. The van der Waals surface area contributed by atoms with Gasteiger partial charge < -0.3 is 45.1 Å². The monoisotopic (exact) mass is 1010 g/mol. The Bertz CT molecular complexity index is 1580. The molecule has 8 atom stereocenters. The molecular weight excluding hydrogens is 907 g/mol. The van der Waals surface area contributed by atoms with E-state index in [2.05, 4.69) is 99.0 Å². The maximum absolute atomic E-state index is 13.3. The van der Waals surface area contributed by atoms with Crippen molar-refractivity contribution in [1.82, 2.24) is 5.32 Å². The lowest BCUT2D eigenvalue weighted by atomic mass is 9.99. The van der Waals surface area contributed by atoms with Crippen molar-refractivity contribution in [1.29, 1.82) is 0 Å². The average Bonchev–Trinajstić information content (AvgIpc) is 3.38. The fraction of sp³-hybridized carbons (Fsp3) is 0.672. The number of hydrogen-bond donors (Lipinski definition) is 6. The first-order chi connectivity index (χ1) is 35.2. The molecule has 0 aromatic rings. The van der Waals surface area contributed by atoms with Gasteiger partial charge in [0.2, 0.25) is 5.91 Å². The molecule has 0 radical (unpaired) electrons. The molecule has 72 heavy (non-hydrogen) atoms. The first-order valence-corrected chi connectivity index (χ1v) is 28.2. The molecule has 0 aromatic carbocycles. The van der Waals surface area contributed by atoms with Gasteiger partial charge in [0.25, 0.3) is 0 Å². The molecule has 1 amide bonds. The van der Waals surface area contributed by atoms with Gasteiger partial charge in [0.15, 0.2) is 12.4 Å². The molecule has 1 heterocycles. The molecule has 6 N–H and O–H groups in total. The Morgan fingerprint density at radius 1 is 0.569 bits per heavy atom. The van der Waals surface area contributed by atoms with Crippen molar-refractivity contribution in [2.24, 2.45) is 0 Å². The normalized spacial score (nSPS) is 20.4. The standard InChI is InChI=1S/C61H101NO10/c1-4-7-10-13-16-19-22-25-27-29-30-33-36-39-42-45-48-54(65)60(69)62-52(53(64)47-44-41-38-35-32-24-21-18-15-12-9-6-3)51-70-61-59(58(68)57(67)55(50-63)71-61)72-56(66)49-46-43-40-37-34-31-28-26-23-20-17-14-11-8-5-2/h7-8,10-11,14,16-17,19-20,23,25,27,30,33,39,42,44,47,52-55,57-59,61,63-65,67-68H,4-6,9,12-13,15,18,21-22,24,26,28-29,31-32,34-38,40-41,43,45-46,48-51H2,1-3H3,(H,62,69)/b10-7-,11-8+,17-14+,19-16-,23-20+,27-25-,33-30-,42-39-,47-44+. The highest BCUT2D eigenvalue weighted by molar-refractivity contribution is 5.80. The topological polar surface area (TPSA) is 175 Å². The summed E-state index contributed by atoms with van der Waals surface area (Å²) in [7, 11) is 0. The maximum atomic E-state index is 13.3. The SMILES string of the molecule is CC/C=C\C/C=C\C/C=C\C/C=C\C/C=C\CCC(O)C(=O)NC(COC1OC(CO)C(O)C(O)C1OC(=O)CCCCCCCCC/C=C/C=C/C=C/CC)C(O)/C=C/CCCCCCCCCCCC. The highest BCUT2D eigenvalue weighted by Gasteiger charge is 2.47. The first kappa shape index (κ1) is 66.3. The minimum Gasteiger partial charge on any atom is -0.454 e. The number of ether oxygens (including phenoxy) is 3. The second kappa shape index (κ2) is 48.3. The van der Waals surface area contributed by atoms with Crippen LogP contribution >= 0.6 is 0 Å². The number of allylic oxidation sites excluding steroid dienone is 17. The van der Waals surface area contributed by atoms with E-state index in [1.165, 1.54) is 44.9 Å². The quantitative estimate of drug-likeness (QED) is 0.0149. The van der Waals surface area contributed by atoms with Crippen molar-refractivity contribution in [2.45, 2.75) is 250 Å². The minimum atomic E-state index is -1.63. The molecule has 1 fully saturated rings. The number of hydrogen-bond acceptors (Lipinski definition) is 10. The van der Waals surface area contributed by atoms with Crippen molar-refractivity contribution >= 4 is 11.9 Å². The maximum Gasteiger partial charge on any atom is 0.306 e. The molecule has 410 valence electrons. The summed E-state index contributed by atoms with van der Waals surface area (Å²) in [6.45, 7) is 5.47. The van der Waals surface area contributed by atoms with Crippen molar-refractivity contribution in [3.8, 4) is 0 Å². The van der Waals surface area contributed by atoms with Gasteiger partial charge in [0, 0.05) is 6.42 Å². The van der Waals surface area contributed by atoms with Crippen LogP contribution in [-0.2, 0) is 23.8 Å². The van der Waals surface area contributed by atoms with E-state index < -0.39 is 67.4 Å². The van der Waals surface area contributed by atoms with Crippen LogP contribution in [0.5, 0.6) is 0 Å². The Morgan fingerprint density at radius 2 is 1.07 bits per heavy atom. The summed E-state index contributed by atoms with van der Waals surface area (Å²) in [5.41, 5.74) is 0. The van der Waals surface area contributed by atoms with Crippen LogP contribution in [-0.4, -0.2) is 99.6 Å². The first-order valence-electron chi connectivity index (χ1n) is 28.2. The molecule has 1 saturated heterocycles. The van der Waals surface area contributed by atoms with Crippen LogP contribution in [0.2, 0.25) is 0 Å². The summed E-state index contributed by atoms with van der Waals surface area (Å²) in [6, 6.07) is -1.06. The van der Waals surface area contributed by atoms with Gasteiger partial charge in [0.05, 0.1) is 25.4 Å². The van der Waals surface area contributed by atoms with E-state index in [9.17, 15) is 35.1 Å². The fourth-order valence-electron chi connectivity index (χ4n) is 8.04. The zero-order chi connectivity index (χ0) is 52.5. The predicted octanol–water partition coefficient (Wildman–Crippen LogP) is 12.5. The second-order valence-corrected chi connectivity index (χ2v) is 19.0. The molecule has 11 heteroatoms. The zero-order valence-corrected chi connectivity index (χ0v) is 45.0. The minimum absolute atomic E-state index is 0.0972. The summed E-state index contributed by atoms with van der Waals surface area (Å²) in [5, 5.41) is 56.7. The molecule has 0 saturated carbocycles. The van der Waals surface area contributed by atoms with Gasteiger partial charge in [0.1, 0.15) is 24.4 Å². The van der Waals surface area contributed by atoms with E-state index in [-0.39, 0.29) is 19.4 Å². The number of carbonyl (C=O) groups is 2. The van der Waals surface area contributed by atoms with Crippen LogP contribution in [0.4, 0.5) is 0 Å². The number of aliphatic hydroxyl groups is 5. The zero-order valence-electron chi connectivity index (χ0n) is 45.0. The van der Waals surface area contributed by atoms with Gasteiger partial charge >= 0.3 is 5.97 Å². The third-order valence-electron chi connectivity index (χ3n) is 12.5. The average molecular weight is 1010 g/mol. The van der Waals surface area contributed by atoms with Gasteiger partial charge in [-0.1, -0.05) is 220 Å². The van der Waals surface area contributed by atoms with Crippen molar-refractivity contribution in [2.75, 3.05) is 13.2 Å². The largest absolute Gasteiger partial charge is 0.454 e. The molecule has 0 bridgehead atoms. The van der Waals surface area contributed by atoms with Crippen molar-refractivity contribution in [3.05, 3.63) is 109 Å². The van der Waals surface area contributed by atoms with Crippen LogP contribution < -0.4 is 5.32 Å². The summed E-state index contributed by atoms with van der Waals surface area (Å²) in [6.07, 6.45) is 54.2. The molecule has 1 rings (SSSR count). The Hall–Kier alpha value is -3.68. The molecule has 1 aliphatic heterocycles. The van der Waals surface area contributed by atoms with E-state index >= 15 is 0 Å². The van der Waals surface area contributed by atoms with Gasteiger partial charge in [-0.3, -0.25) is 9.59 Å². The number of unbranched alkanes of at least 4 members (excludes halogenated alkanes) is 17. The van der Waals surface area contributed by atoms with Crippen LogP contribution in [0.1, 0.15) is 201 Å². The number of nitrogens with one attached hydrogen (secondary N) is 1. The van der Waals surface area contributed by atoms with E-state index in [0.29, 0.717) is 12.8 Å². The number of carbonyl (C=O) groups excluding carboxylic acids is 2. The molecule has 8 unspecified atom stereocenters. The van der Waals surface area contributed by atoms with E-state index in [0.717, 1.165) is 109 Å². The lowest BCUT2D eigenvalue weighted by molar-refractivity contribution is -0.305. The summed E-state index contributed by atoms with van der Waals surface area (Å²) in [4.78, 5) is 26.4. The summed E-state index contributed by atoms with van der Waals surface area (Å²) < 4.78 is 17.5. The second-order valence-electron chi connectivity index (χ2n) is 19.0. The van der Waals surface area contributed by atoms with Gasteiger partial charge in [-0.05, 0) is 83.5 Å². The van der Waals surface area contributed by atoms with Crippen LogP contribution in [0.25, 0.3) is 0 Å². The van der Waals surface area contributed by atoms with Crippen LogP contribution in [0, 0.1) is 0 Å². The van der Waals surface area contributed by atoms with Crippen LogP contribution in [0.3, 0.4) is 0 Å².